The van der Waals surface area contributed by atoms with Crippen molar-refractivity contribution < 1.29 is 18.3 Å². The van der Waals surface area contributed by atoms with Gasteiger partial charge in [-0.25, -0.2) is 8.78 Å². The molecule has 110 valence electrons. The van der Waals surface area contributed by atoms with Crippen LogP contribution in [0.1, 0.15) is 64.2 Å². The van der Waals surface area contributed by atoms with Gasteiger partial charge < -0.3 is 4.74 Å². The maximum absolute atomic E-state index is 13.2. The van der Waals surface area contributed by atoms with Crippen LogP contribution in [-0.2, 0) is 9.53 Å². The van der Waals surface area contributed by atoms with Gasteiger partial charge in [-0.15, -0.1) is 0 Å². The average molecular weight is 274 g/mol. The Hall–Kier alpha value is -0.510. The third-order valence-electron chi connectivity index (χ3n) is 4.79. The predicted molar refractivity (Wildman–Crippen MR) is 69.4 cm³/mol. The minimum absolute atomic E-state index is 0.0552. The van der Waals surface area contributed by atoms with Crippen molar-refractivity contribution in [2.75, 3.05) is 7.11 Å². The van der Waals surface area contributed by atoms with Crippen LogP contribution in [0.3, 0.4) is 0 Å². The molecule has 2 aliphatic rings. The first-order chi connectivity index (χ1) is 8.97. The SMILES string of the molecule is COC1(C(=O)CC2CCC(F)(F)C2)CCCCCC1. The Morgan fingerprint density at radius 3 is 2.26 bits per heavy atom. The van der Waals surface area contributed by atoms with E-state index in [1.54, 1.807) is 7.11 Å². The highest BCUT2D eigenvalue weighted by Gasteiger charge is 2.44. The van der Waals surface area contributed by atoms with Crippen molar-refractivity contribution in [2.24, 2.45) is 5.92 Å². The maximum Gasteiger partial charge on any atom is 0.248 e. The molecule has 2 aliphatic carbocycles. The second-order valence-electron chi connectivity index (χ2n) is 6.20. The normalized spacial score (nSPS) is 29.9. The summed E-state index contributed by atoms with van der Waals surface area (Å²) >= 11 is 0. The van der Waals surface area contributed by atoms with Crippen LogP contribution in [0.25, 0.3) is 0 Å². The molecule has 1 unspecified atom stereocenters. The summed E-state index contributed by atoms with van der Waals surface area (Å²) in [5.41, 5.74) is -0.686. The number of halogens is 2. The van der Waals surface area contributed by atoms with Crippen molar-refractivity contribution in [1.29, 1.82) is 0 Å². The fraction of sp³-hybridized carbons (Fsp3) is 0.933. The molecule has 0 spiro atoms. The first kappa shape index (κ1) is 14.9. The summed E-state index contributed by atoms with van der Waals surface area (Å²) in [6.07, 6.45) is 6.34. The third kappa shape index (κ3) is 3.53. The summed E-state index contributed by atoms with van der Waals surface area (Å²) in [4.78, 5) is 12.5. The van der Waals surface area contributed by atoms with E-state index >= 15 is 0 Å². The highest BCUT2D eigenvalue weighted by molar-refractivity contribution is 5.87. The fourth-order valence-corrected chi connectivity index (χ4v) is 3.56. The van der Waals surface area contributed by atoms with E-state index in [9.17, 15) is 13.6 Å². The lowest BCUT2D eigenvalue weighted by Gasteiger charge is -2.30. The number of hydrogen-bond acceptors (Lipinski definition) is 2. The highest BCUT2D eigenvalue weighted by Crippen LogP contribution is 2.42. The standard InChI is InChI=1S/C15H24F2O2/c1-19-14(7-4-2-3-5-8-14)13(18)10-12-6-9-15(16,17)11-12/h12H,2-11H2,1H3. The Morgan fingerprint density at radius 1 is 1.16 bits per heavy atom. The van der Waals surface area contributed by atoms with E-state index in [-0.39, 0.29) is 31.0 Å². The molecule has 4 heteroatoms. The van der Waals surface area contributed by atoms with E-state index in [4.69, 9.17) is 4.74 Å². The zero-order valence-electron chi connectivity index (χ0n) is 11.7. The molecule has 0 N–H and O–H groups in total. The van der Waals surface area contributed by atoms with Crippen LogP contribution < -0.4 is 0 Å². The molecule has 0 aliphatic heterocycles. The molecule has 2 saturated carbocycles. The van der Waals surface area contributed by atoms with Crippen molar-refractivity contribution in [2.45, 2.75) is 75.7 Å². The smallest absolute Gasteiger partial charge is 0.248 e. The van der Waals surface area contributed by atoms with Gasteiger partial charge in [-0.05, 0) is 25.2 Å². The van der Waals surface area contributed by atoms with E-state index in [0.29, 0.717) is 6.42 Å². The van der Waals surface area contributed by atoms with Gasteiger partial charge in [0, 0.05) is 26.4 Å². The Kier molecular flexibility index (Phi) is 4.59. The van der Waals surface area contributed by atoms with Gasteiger partial charge in [0.25, 0.3) is 0 Å². The van der Waals surface area contributed by atoms with E-state index in [1.807, 2.05) is 0 Å². The Bertz CT molecular complexity index is 320. The average Bonchev–Trinajstić information content (AvgIpc) is 2.59. The number of rotatable bonds is 4. The Balaban J connectivity index is 1.97. The first-order valence-corrected chi connectivity index (χ1v) is 7.44. The molecular weight excluding hydrogens is 250 g/mol. The number of Topliss-reactive ketones (excluding diaryl/α,β-unsaturated/α-hetero) is 1. The molecule has 2 nitrogen and oxygen atoms in total. The molecule has 0 saturated heterocycles. The lowest BCUT2D eigenvalue weighted by atomic mass is 9.84. The number of carbonyl (C=O) groups is 1. The fourth-order valence-electron chi connectivity index (χ4n) is 3.56. The molecule has 0 aromatic carbocycles. The van der Waals surface area contributed by atoms with Gasteiger partial charge in [-0.3, -0.25) is 4.79 Å². The molecular formula is C15H24F2O2. The van der Waals surface area contributed by atoms with Crippen LogP contribution in [0.5, 0.6) is 0 Å². The van der Waals surface area contributed by atoms with E-state index in [1.165, 1.54) is 0 Å². The number of carbonyl (C=O) groups excluding carboxylic acids is 1. The number of ketones is 1. The molecule has 0 bridgehead atoms. The Labute approximate surface area is 113 Å². The van der Waals surface area contributed by atoms with Gasteiger partial charge in [-0.2, -0.15) is 0 Å². The van der Waals surface area contributed by atoms with Gasteiger partial charge in [0.1, 0.15) is 5.60 Å². The van der Waals surface area contributed by atoms with Crippen LogP contribution in [0, 0.1) is 5.92 Å². The molecule has 0 amide bonds. The molecule has 2 rings (SSSR count). The maximum atomic E-state index is 13.2. The number of hydrogen-bond donors (Lipinski definition) is 0. The quantitative estimate of drug-likeness (QED) is 0.721. The summed E-state index contributed by atoms with van der Waals surface area (Å²) < 4.78 is 31.9. The van der Waals surface area contributed by atoms with Crippen LogP contribution >= 0.6 is 0 Å². The summed E-state index contributed by atoms with van der Waals surface area (Å²) in [5.74, 6) is -2.66. The summed E-state index contributed by atoms with van der Waals surface area (Å²) in [7, 11) is 1.59. The van der Waals surface area contributed by atoms with Crippen LogP contribution in [0.15, 0.2) is 0 Å². The zero-order valence-corrected chi connectivity index (χ0v) is 11.7. The molecule has 1 atom stereocenters. The lowest BCUT2D eigenvalue weighted by molar-refractivity contribution is -0.144. The van der Waals surface area contributed by atoms with Gasteiger partial charge in [-0.1, -0.05) is 25.7 Å². The minimum atomic E-state index is -2.56. The molecule has 0 radical (unpaired) electrons. The van der Waals surface area contributed by atoms with E-state index < -0.39 is 11.5 Å². The lowest BCUT2D eigenvalue weighted by Crippen LogP contribution is -2.41. The zero-order chi connectivity index (χ0) is 13.9. The summed E-state index contributed by atoms with van der Waals surface area (Å²) in [6.45, 7) is 0. The molecule has 0 aromatic heterocycles. The van der Waals surface area contributed by atoms with Crippen LogP contribution in [-0.4, -0.2) is 24.4 Å². The van der Waals surface area contributed by atoms with Crippen molar-refractivity contribution in [1.82, 2.24) is 0 Å². The molecule has 2 fully saturated rings. The summed E-state index contributed by atoms with van der Waals surface area (Å²) in [5, 5.41) is 0. The van der Waals surface area contributed by atoms with Crippen molar-refractivity contribution >= 4 is 5.78 Å². The van der Waals surface area contributed by atoms with Crippen LogP contribution in [0.2, 0.25) is 0 Å². The topological polar surface area (TPSA) is 26.3 Å². The second-order valence-corrected chi connectivity index (χ2v) is 6.20. The van der Waals surface area contributed by atoms with Crippen LogP contribution in [0.4, 0.5) is 8.78 Å². The van der Waals surface area contributed by atoms with E-state index in [0.717, 1.165) is 38.5 Å². The van der Waals surface area contributed by atoms with Crippen molar-refractivity contribution in [3.63, 3.8) is 0 Å². The number of alkyl halides is 2. The first-order valence-electron chi connectivity index (χ1n) is 7.44. The minimum Gasteiger partial charge on any atom is -0.370 e. The van der Waals surface area contributed by atoms with Gasteiger partial charge in [0.05, 0.1) is 0 Å². The predicted octanol–water partition coefficient (Wildman–Crippen LogP) is 4.12. The second kappa shape index (κ2) is 5.86. The molecule has 0 aromatic rings. The molecule has 0 heterocycles. The van der Waals surface area contributed by atoms with Crippen molar-refractivity contribution in [3.05, 3.63) is 0 Å². The van der Waals surface area contributed by atoms with Crippen molar-refractivity contribution in [3.8, 4) is 0 Å². The van der Waals surface area contributed by atoms with E-state index in [2.05, 4.69) is 0 Å². The number of ether oxygens (including phenoxy) is 1. The van der Waals surface area contributed by atoms with Gasteiger partial charge in [0.15, 0.2) is 5.78 Å². The Morgan fingerprint density at radius 2 is 1.79 bits per heavy atom. The number of methoxy groups -OCH3 is 1. The van der Waals surface area contributed by atoms with Gasteiger partial charge in [0.2, 0.25) is 5.92 Å². The molecule has 19 heavy (non-hydrogen) atoms. The summed E-state index contributed by atoms with van der Waals surface area (Å²) in [6, 6.07) is 0. The monoisotopic (exact) mass is 274 g/mol. The largest absolute Gasteiger partial charge is 0.370 e. The van der Waals surface area contributed by atoms with Gasteiger partial charge >= 0.3 is 0 Å². The third-order valence-corrected chi connectivity index (χ3v) is 4.79. The highest BCUT2D eigenvalue weighted by atomic mass is 19.3.